The second-order valence-corrected chi connectivity index (χ2v) is 7.19. The van der Waals surface area contributed by atoms with Gasteiger partial charge in [0.25, 0.3) is 0 Å². The molecule has 6 heteroatoms. The number of imidazole rings is 1. The number of aromatic nitrogens is 2. The standard InChI is InChI=1S/C20H29N5O/c1-24(17-9-4-3-5-10-17)14-16-8-6-7-11-18(16)23-20(26)25(2)15-19-21-12-13-22-19/h6-8,11-13,17H,3-5,9-10,14-15H2,1-2H3,(H,21,22)(H,23,26). The first-order valence-electron chi connectivity index (χ1n) is 9.42. The predicted octanol–water partition coefficient (Wildman–Crippen LogP) is 3.84. The summed E-state index contributed by atoms with van der Waals surface area (Å²) in [6, 6.07) is 8.59. The highest BCUT2D eigenvalue weighted by Gasteiger charge is 2.19. The Morgan fingerprint density at radius 1 is 1.19 bits per heavy atom. The van der Waals surface area contributed by atoms with Crippen molar-refractivity contribution in [1.82, 2.24) is 19.8 Å². The van der Waals surface area contributed by atoms with E-state index in [-0.39, 0.29) is 6.03 Å². The number of H-pyrrole nitrogens is 1. The number of anilines is 1. The molecule has 2 aromatic rings. The van der Waals surface area contributed by atoms with E-state index in [1.165, 1.54) is 32.1 Å². The van der Waals surface area contributed by atoms with Gasteiger partial charge in [-0.1, -0.05) is 37.5 Å². The van der Waals surface area contributed by atoms with Crippen LogP contribution >= 0.6 is 0 Å². The Bertz CT molecular complexity index is 694. The molecule has 1 aromatic heterocycles. The van der Waals surface area contributed by atoms with Crippen molar-refractivity contribution in [1.29, 1.82) is 0 Å². The highest BCUT2D eigenvalue weighted by Crippen LogP contribution is 2.25. The lowest BCUT2D eigenvalue weighted by Gasteiger charge is -2.31. The van der Waals surface area contributed by atoms with Gasteiger partial charge in [0, 0.05) is 37.7 Å². The first-order chi connectivity index (χ1) is 12.6. The molecule has 0 atom stereocenters. The largest absolute Gasteiger partial charge is 0.347 e. The molecule has 26 heavy (non-hydrogen) atoms. The number of nitrogens with one attached hydrogen (secondary N) is 2. The molecule has 1 aliphatic rings. The van der Waals surface area contributed by atoms with Crippen LogP contribution in [-0.4, -0.2) is 45.9 Å². The lowest BCUT2D eigenvalue weighted by atomic mass is 9.94. The first-order valence-corrected chi connectivity index (χ1v) is 9.42. The average molecular weight is 355 g/mol. The molecule has 1 heterocycles. The van der Waals surface area contributed by atoms with Crippen molar-refractivity contribution in [3.63, 3.8) is 0 Å². The van der Waals surface area contributed by atoms with Crippen LogP contribution in [-0.2, 0) is 13.1 Å². The third-order valence-electron chi connectivity index (χ3n) is 5.17. The smallest absolute Gasteiger partial charge is 0.321 e. The van der Waals surface area contributed by atoms with Crippen LogP contribution < -0.4 is 5.32 Å². The third-order valence-corrected chi connectivity index (χ3v) is 5.17. The number of hydrogen-bond acceptors (Lipinski definition) is 3. The molecule has 0 aliphatic heterocycles. The summed E-state index contributed by atoms with van der Waals surface area (Å²) >= 11 is 0. The normalized spacial score (nSPS) is 15.2. The number of benzene rings is 1. The fraction of sp³-hybridized carbons (Fsp3) is 0.500. The topological polar surface area (TPSA) is 64.3 Å². The van der Waals surface area contributed by atoms with Gasteiger partial charge in [0.05, 0.1) is 6.54 Å². The highest BCUT2D eigenvalue weighted by atomic mass is 16.2. The average Bonchev–Trinajstić information content (AvgIpc) is 3.17. The van der Waals surface area contributed by atoms with E-state index in [0.29, 0.717) is 12.6 Å². The van der Waals surface area contributed by atoms with Crippen LogP contribution in [0.15, 0.2) is 36.7 Å². The van der Waals surface area contributed by atoms with E-state index in [9.17, 15) is 4.79 Å². The van der Waals surface area contributed by atoms with Gasteiger partial charge < -0.3 is 15.2 Å². The van der Waals surface area contributed by atoms with E-state index < -0.39 is 0 Å². The van der Waals surface area contributed by atoms with Gasteiger partial charge in [0.15, 0.2) is 0 Å². The highest BCUT2D eigenvalue weighted by molar-refractivity contribution is 5.89. The van der Waals surface area contributed by atoms with E-state index in [2.05, 4.69) is 33.3 Å². The third kappa shape index (κ3) is 4.85. The SMILES string of the molecule is CN(Cc1ncc[nH]1)C(=O)Nc1ccccc1CN(C)C1CCCCC1. The van der Waals surface area contributed by atoms with Crippen molar-refractivity contribution >= 4 is 11.7 Å². The molecule has 1 aliphatic carbocycles. The summed E-state index contributed by atoms with van der Waals surface area (Å²) in [6.07, 6.45) is 10.0. The van der Waals surface area contributed by atoms with Gasteiger partial charge in [-0.2, -0.15) is 0 Å². The molecule has 3 rings (SSSR count). The van der Waals surface area contributed by atoms with E-state index in [1.807, 2.05) is 18.2 Å². The zero-order valence-electron chi connectivity index (χ0n) is 15.7. The number of carbonyl (C=O) groups excluding carboxylic acids is 1. The minimum Gasteiger partial charge on any atom is -0.347 e. The van der Waals surface area contributed by atoms with Crippen molar-refractivity contribution in [3.05, 3.63) is 48.0 Å². The molecular weight excluding hydrogens is 326 g/mol. The first kappa shape index (κ1) is 18.5. The number of rotatable bonds is 6. The van der Waals surface area contributed by atoms with Gasteiger partial charge in [0.1, 0.15) is 5.82 Å². The maximum Gasteiger partial charge on any atom is 0.321 e. The zero-order valence-corrected chi connectivity index (χ0v) is 15.7. The van der Waals surface area contributed by atoms with Crippen molar-refractivity contribution in [3.8, 4) is 0 Å². The fourth-order valence-electron chi connectivity index (χ4n) is 3.59. The Morgan fingerprint density at radius 2 is 1.96 bits per heavy atom. The predicted molar refractivity (Wildman–Crippen MR) is 104 cm³/mol. The van der Waals surface area contributed by atoms with Crippen LogP contribution in [0.1, 0.15) is 43.5 Å². The molecule has 0 saturated heterocycles. The van der Waals surface area contributed by atoms with Crippen molar-refractivity contribution in [2.24, 2.45) is 0 Å². The lowest BCUT2D eigenvalue weighted by Crippen LogP contribution is -2.34. The van der Waals surface area contributed by atoms with Gasteiger partial charge in [-0.05, 0) is 31.5 Å². The van der Waals surface area contributed by atoms with Gasteiger partial charge in [0.2, 0.25) is 0 Å². The monoisotopic (exact) mass is 355 g/mol. The summed E-state index contributed by atoms with van der Waals surface area (Å²) < 4.78 is 0. The van der Waals surface area contributed by atoms with Crippen molar-refractivity contribution < 1.29 is 4.79 Å². The summed E-state index contributed by atoms with van der Waals surface area (Å²) in [6.45, 7) is 1.30. The van der Waals surface area contributed by atoms with Crippen molar-refractivity contribution in [2.75, 3.05) is 19.4 Å². The van der Waals surface area contributed by atoms with Gasteiger partial charge in [-0.3, -0.25) is 4.90 Å². The number of aromatic amines is 1. The van der Waals surface area contributed by atoms with Crippen LogP contribution in [0, 0.1) is 0 Å². The molecule has 1 aromatic carbocycles. The number of urea groups is 1. The molecule has 1 saturated carbocycles. The van der Waals surface area contributed by atoms with Crippen LogP contribution in [0.2, 0.25) is 0 Å². The molecule has 2 N–H and O–H groups in total. The molecule has 0 bridgehead atoms. The van der Waals surface area contributed by atoms with Crippen LogP contribution in [0.5, 0.6) is 0 Å². The Balaban J connectivity index is 1.61. The van der Waals surface area contributed by atoms with E-state index >= 15 is 0 Å². The second kappa shape index (κ2) is 8.85. The Hall–Kier alpha value is -2.34. The van der Waals surface area contributed by atoms with E-state index in [0.717, 1.165) is 23.6 Å². The summed E-state index contributed by atoms with van der Waals surface area (Å²) in [5, 5.41) is 3.05. The summed E-state index contributed by atoms with van der Waals surface area (Å²) in [5.41, 5.74) is 2.03. The van der Waals surface area contributed by atoms with Crippen LogP contribution in [0.4, 0.5) is 10.5 Å². The minimum atomic E-state index is -0.130. The van der Waals surface area contributed by atoms with Gasteiger partial charge in [-0.25, -0.2) is 9.78 Å². The molecule has 2 amide bonds. The molecule has 0 spiro atoms. The molecule has 6 nitrogen and oxygen atoms in total. The van der Waals surface area contributed by atoms with Crippen LogP contribution in [0.25, 0.3) is 0 Å². The molecule has 140 valence electrons. The molecule has 0 unspecified atom stereocenters. The summed E-state index contributed by atoms with van der Waals surface area (Å²) in [7, 11) is 3.96. The number of carbonyl (C=O) groups is 1. The maximum absolute atomic E-state index is 12.5. The van der Waals surface area contributed by atoms with Crippen LogP contribution in [0.3, 0.4) is 0 Å². The molecule has 0 radical (unpaired) electrons. The second-order valence-electron chi connectivity index (χ2n) is 7.19. The fourth-order valence-corrected chi connectivity index (χ4v) is 3.59. The zero-order chi connectivity index (χ0) is 18.4. The van der Waals surface area contributed by atoms with Crippen molar-refractivity contribution in [2.45, 2.75) is 51.2 Å². The number of para-hydroxylation sites is 1. The Morgan fingerprint density at radius 3 is 2.69 bits per heavy atom. The quantitative estimate of drug-likeness (QED) is 0.827. The number of hydrogen-bond donors (Lipinski definition) is 2. The van der Waals surface area contributed by atoms with E-state index in [1.54, 1.807) is 24.3 Å². The number of nitrogens with zero attached hydrogens (tertiary/aromatic N) is 3. The van der Waals surface area contributed by atoms with E-state index in [4.69, 9.17) is 0 Å². The Labute approximate surface area is 155 Å². The van der Waals surface area contributed by atoms with Gasteiger partial charge >= 0.3 is 6.03 Å². The summed E-state index contributed by atoms with van der Waals surface area (Å²) in [4.78, 5) is 23.8. The maximum atomic E-state index is 12.5. The lowest BCUT2D eigenvalue weighted by molar-refractivity contribution is 0.185. The molecular formula is C20H29N5O. The molecule has 1 fully saturated rings. The summed E-state index contributed by atoms with van der Waals surface area (Å²) in [5.74, 6) is 0.771. The number of amides is 2. The Kier molecular flexibility index (Phi) is 6.28. The minimum absolute atomic E-state index is 0.130. The van der Waals surface area contributed by atoms with Gasteiger partial charge in [-0.15, -0.1) is 0 Å².